The highest BCUT2D eigenvalue weighted by molar-refractivity contribution is 8.29. The van der Waals surface area contributed by atoms with Gasteiger partial charge >= 0.3 is 6.18 Å². The van der Waals surface area contributed by atoms with Crippen LogP contribution in [0.25, 0.3) is 0 Å². The van der Waals surface area contributed by atoms with Crippen molar-refractivity contribution in [1.82, 2.24) is 0 Å². The fraction of sp³-hybridized carbons (Fsp3) is 0.0606. The average Bonchev–Trinajstić information content (AvgIpc) is 3.03. The molecule has 0 radical (unpaired) electrons. The molecular formula is C33H24ClF3O6S2. The second-order valence-corrected chi connectivity index (χ2v) is 14.4. The average molecular weight is 673 g/mol. The van der Waals surface area contributed by atoms with E-state index >= 15 is 0 Å². The first-order valence-corrected chi connectivity index (χ1v) is 16.7. The standard InChI is InChI=1S/C33H24ClF3O6S2/c1-42-26-12-18-30(19-13-26)45(43-34(39,40)41,29-16-10-25(11-17-29)33(35,36)37)31-20-14-27(15-21-31)44-28-9-5-8-24(22-28)32(38)23-6-3-2-4-7-23/h2-22H,1H3. The van der Waals surface area contributed by atoms with Gasteiger partial charge in [0.05, 0.1) is 33.2 Å². The Kier molecular flexibility index (Phi) is 9.61. The lowest BCUT2D eigenvalue weighted by molar-refractivity contribution is -1.91. The molecule has 0 amide bonds. The number of methoxy groups -OCH3 is 1. The first-order valence-electron chi connectivity index (χ1n) is 13.1. The molecule has 0 bridgehead atoms. The summed E-state index contributed by atoms with van der Waals surface area (Å²) in [5, 5.41) is 0. The third-order valence-corrected chi connectivity index (χ3v) is 11.8. The minimum Gasteiger partial charge on any atom is -0.497 e. The summed E-state index contributed by atoms with van der Waals surface area (Å²) in [6.45, 7) is 0. The van der Waals surface area contributed by atoms with Crippen LogP contribution in [-0.2, 0) is 9.91 Å². The Bertz CT molecular complexity index is 1760. The molecule has 45 heavy (non-hydrogen) atoms. The van der Waals surface area contributed by atoms with Gasteiger partial charge in [-0.2, -0.15) is 27.1 Å². The van der Waals surface area contributed by atoms with Crippen LogP contribution in [0.4, 0.5) is 13.2 Å². The molecular weight excluding hydrogens is 649 g/mol. The summed E-state index contributed by atoms with van der Waals surface area (Å²) in [5.41, 5.74) is 0.107. The van der Waals surface area contributed by atoms with Crippen molar-refractivity contribution in [3.8, 4) is 5.75 Å². The third-order valence-electron chi connectivity index (χ3n) is 6.60. The van der Waals surface area contributed by atoms with Crippen molar-refractivity contribution in [3.05, 3.63) is 144 Å². The Hall–Kier alpha value is -3.81. The number of rotatable bonds is 10. The number of carbonyl (C=O) groups excluding carboxylic acids is 1. The Morgan fingerprint density at radius 1 is 0.689 bits per heavy atom. The smallest absolute Gasteiger partial charge is 0.416 e. The van der Waals surface area contributed by atoms with Gasteiger partial charge in [-0.15, -0.1) is 0 Å². The molecule has 0 fully saturated rings. The number of ether oxygens (including phenoxy) is 1. The zero-order chi connectivity index (χ0) is 32.2. The van der Waals surface area contributed by atoms with Crippen molar-refractivity contribution in [2.75, 3.05) is 7.11 Å². The minimum absolute atomic E-state index is 0.0557. The summed E-state index contributed by atoms with van der Waals surface area (Å²) in [7, 11) is -7.02. The number of alkyl halides is 3. The van der Waals surface area contributed by atoms with Crippen LogP contribution >= 0.6 is 22.1 Å². The molecule has 0 N–H and O–H groups in total. The maximum atomic E-state index is 13.4. The number of benzene rings is 5. The molecule has 1 unspecified atom stereocenters. The van der Waals surface area contributed by atoms with Crippen LogP contribution in [0, 0.1) is 10.2 Å². The number of hydrogen-bond donors (Lipinski definition) is 0. The summed E-state index contributed by atoms with van der Waals surface area (Å²) in [6.07, 6.45) is -4.64. The second-order valence-electron chi connectivity index (χ2n) is 9.49. The fourth-order valence-corrected chi connectivity index (χ4v) is 9.58. The van der Waals surface area contributed by atoms with Crippen molar-refractivity contribution < 1.29 is 50.7 Å². The van der Waals surface area contributed by atoms with Crippen molar-refractivity contribution in [2.24, 2.45) is 0 Å². The zero-order valence-corrected chi connectivity index (χ0v) is 25.8. The molecule has 232 valence electrons. The molecule has 5 aromatic carbocycles. The SMILES string of the molecule is COc1ccc(S(O[Cl+3]([O-])([O-])[O-])(c2ccc(Sc3cccc(C(=O)c4ccccc4)c3)cc2)c2ccc(C(F)(F)F)cc2)cc1. The number of halogens is 4. The van der Waals surface area contributed by atoms with E-state index in [1.165, 1.54) is 43.1 Å². The second kappa shape index (κ2) is 13.3. The maximum absolute atomic E-state index is 13.4. The molecule has 0 aromatic heterocycles. The Morgan fingerprint density at radius 3 is 1.76 bits per heavy atom. The highest BCUT2D eigenvalue weighted by atomic mass is 35.7. The van der Waals surface area contributed by atoms with Crippen LogP contribution in [0.1, 0.15) is 21.5 Å². The molecule has 6 nitrogen and oxygen atoms in total. The molecule has 0 heterocycles. The summed E-state index contributed by atoms with van der Waals surface area (Å²) in [5.74, 6) is 0.301. The summed E-state index contributed by atoms with van der Waals surface area (Å²) in [4.78, 5) is 15.0. The van der Waals surface area contributed by atoms with E-state index in [0.717, 1.165) is 29.2 Å². The van der Waals surface area contributed by atoms with Gasteiger partial charge in [-0.25, -0.2) is 0 Å². The molecule has 0 aliphatic heterocycles. The van der Waals surface area contributed by atoms with Crippen LogP contribution in [0.2, 0.25) is 0 Å². The van der Waals surface area contributed by atoms with Gasteiger partial charge in [0.1, 0.15) is 9.49 Å². The van der Waals surface area contributed by atoms with E-state index < -0.39 is 32.3 Å². The summed E-state index contributed by atoms with van der Waals surface area (Å²) in [6, 6.07) is 32.4. The molecule has 0 aliphatic carbocycles. The van der Waals surface area contributed by atoms with Gasteiger partial charge in [0.15, 0.2) is 5.78 Å². The van der Waals surface area contributed by atoms with Gasteiger partial charge in [0.25, 0.3) is 0 Å². The molecule has 1 atom stereocenters. The van der Waals surface area contributed by atoms with E-state index in [0.29, 0.717) is 21.8 Å². The largest absolute Gasteiger partial charge is 0.497 e. The highest BCUT2D eigenvalue weighted by Crippen LogP contribution is 2.70. The monoisotopic (exact) mass is 672 g/mol. The van der Waals surface area contributed by atoms with E-state index in [9.17, 15) is 31.9 Å². The van der Waals surface area contributed by atoms with E-state index in [1.54, 1.807) is 66.7 Å². The lowest BCUT2D eigenvalue weighted by Crippen LogP contribution is -2.61. The first kappa shape index (κ1) is 32.6. The van der Waals surface area contributed by atoms with Gasteiger partial charge in [0, 0.05) is 35.6 Å². The molecule has 0 aliphatic rings. The van der Waals surface area contributed by atoms with Crippen molar-refractivity contribution >= 4 is 27.9 Å². The molecule has 5 rings (SSSR count). The minimum atomic E-state index is -5.05. The summed E-state index contributed by atoms with van der Waals surface area (Å²) < 4.78 is 87.3. The zero-order valence-electron chi connectivity index (χ0n) is 23.4. The van der Waals surface area contributed by atoms with E-state index in [-0.39, 0.29) is 20.5 Å². The predicted octanol–water partition coefficient (Wildman–Crippen LogP) is 6.21. The van der Waals surface area contributed by atoms with Crippen LogP contribution in [0.5, 0.6) is 5.75 Å². The number of carbonyl (C=O) groups is 1. The Labute approximate surface area is 265 Å². The normalized spacial score (nSPS) is 13.9. The van der Waals surface area contributed by atoms with Crippen molar-refractivity contribution in [2.45, 2.75) is 30.7 Å². The predicted molar refractivity (Wildman–Crippen MR) is 155 cm³/mol. The molecule has 0 saturated carbocycles. The van der Waals surface area contributed by atoms with Crippen molar-refractivity contribution in [1.29, 1.82) is 0 Å². The number of hydrogen-bond acceptors (Lipinski definition) is 7. The summed E-state index contributed by atoms with van der Waals surface area (Å²) >= 11 is 1.34. The van der Waals surface area contributed by atoms with Gasteiger partial charge < -0.3 is 4.74 Å². The Morgan fingerprint density at radius 2 is 1.22 bits per heavy atom. The lowest BCUT2D eigenvalue weighted by atomic mass is 10.0. The Balaban J connectivity index is 1.55. The van der Waals surface area contributed by atoms with Crippen LogP contribution in [0.3, 0.4) is 0 Å². The molecule has 0 spiro atoms. The highest BCUT2D eigenvalue weighted by Gasteiger charge is 2.47. The van der Waals surface area contributed by atoms with E-state index in [4.69, 9.17) is 8.47 Å². The van der Waals surface area contributed by atoms with Crippen LogP contribution in [0.15, 0.2) is 152 Å². The van der Waals surface area contributed by atoms with Gasteiger partial charge in [-0.3, -0.25) is 4.79 Å². The lowest BCUT2D eigenvalue weighted by Gasteiger charge is -2.35. The molecule has 0 saturated heterocycles. The maximum Gasteiger partial charge on any atom is 0.416 e. The van der Waals surface area contributed by atoms with Gasteiger partial charge in [0.2, 0.25) is 0 Å². The fourth-order valence-electron chi connectivity index (χ4n) is 4.53. The number of ketones is 1. The van der Waals surface area contributed by atoms with Crippen molar-refractivity contribution in [3.63, 3.8) is 0 Å². The first-order chi connectivity index (χ1) is 21.4. The van der Waals surface area contributed by atoms with Crippen LogP contribution in [-0.4, -0.2) is 12.9 Å². The molecule has 5 aromatic rings. The van der Waals surface area contributed by atoms with E-state index in [2.05, 4.69) is 0 Å². The van der Waals surface area contributed by atoms with Crippen LogP contribution < -0.4 is 18.7 Å². The third kappa shape index (κ3) is 7.54. The van der Waals surface area contributed by atoms with Gasteiger partial charge in [-0.1, -0.05) is 54.2 Å². The van der Waals surface area contributed by atoms with E-state index in [1.807, 2.05) is 12.1 Å². The van der Waals surface area contributed by atoms with Gasteiger partial charge in [-0.05, 0) is 84.9 Å². The topological polar surface area (TPSA) is 105 Å². The quantitative estimate of drug-likeness (QED) is 0.163. The molecule has 12 heteroatoms.